The highest BCUT2D eigenvalue weighted by atomic mass is 32.1. The average Bonchev–Trinajstić information content (AvgIpc) is 2.25. The molecule has 6 heteroatoms. The van der Waals surface area contributed by atoms with Crippen molar-refractivity contribution in [2.75, 3.05) is 6.54 Å². The third-order valence-electron chi connectivity index (χ3n) is 2.86. The summed E-state index contributed by atoms with van der Waals surface area (Å²) in [4.78, 5) is 0. The molecule has 0 amide bonds. The Bertz CT molecular complexity index is 237. The molecule has 1 saturated carbocycles. The summed E-state index contributed by atoms with van der Waals surface area (Å²) >= 11 is 5.04. The maximum Gasteiger partial charge on any atom is 0.389 e. The molecule has 0 spiro atoms. The van der Waals surface area contributed by atoms with Crippen LogP contribution in [0.1, 0.15) is 44.9 Å². The van der Waals surface area contributed by atoms with E-state index < -0.39 is 12.6 Å². The SMILES string of the molecule is FC(F)(F)CCCNC(=S)NC1CCCCC1. The van der Waals surface area contributed by atoms with E-state index in [2.05, 4.69) is 10.6 Å². The van der Waals surface area contributed by atoms with E-state index in [1.165, 1.54) is 19.3 Å². The number of halogens is 3. The molecule has 0 aromatic carbocycles. The number of alkyl halides is 3. The zero-order valence-corrected chi connectivity index (χ0v) is 10.6. The molecule has 0 aliphatic heterocycles. The second kappa shape index (κ2) is 7.03. The largest absolute Gasteiger partial charge is 0.389 e. The molecule has 1 fully saturated rings. The molecule has 1 rings (SSSR count). The number of thiocarbonyl (C=S) groups is 1. The smallest absolute Gasteiger partial charge is 0.363 e. The lowest BCUT2D eigenvalue weighted by Crippen LogP contribution is -2.43. The summed E-state index contributed by atoms with van der Waals surface area (Å²) in [5, 5.41) is 6.46. The minimum atomic E-state index is -4.07. The summed E-state index contributed by atoms with van der Waals surface area (Å²) in [7, 11) is 0. The Morgan fingerprint density at radius 1 is 1.18 bits per heavy atom. The average molecular weight is 268 g/mol. The maximum atomic E-state index is 11.9. The van der Waals surface area contributed by atoms with Crippen LogP contribution < -0.4 is 10.6 Å². The highest BCUT2D eigenvalue weighted by Gasteiger charge is 2.25. The van der Waals surface area contributed by atoms with Crippen LogP contribution in [0, 0.1) is 0 Å². The zero-order valence-electron chi connectivity index (χ0n) is 9.78. The minimum Gasteiger partial charge on any atom is -0.363 e. The predicted molar refractivity (Wildman–Crippen MR) is 65.9 cm³/mol. The van der Waals surface area contributed by atoms with Crippen molar-refractivity contribution < 1.29 is 13.2 Å². The topological polar surface area (TPSA) is 24.1 Å². The van der Waals surface area contributed by atoms with Crippen LogP contribution in [0.5, 0.6) is 0 Å². The molecule has 0 aromatic rings. The Morgan fingerprint density at radius 3 is 2.41 bits per heavy atom. The summed E-state index contributed by atoms with van der Waals surface area (Å²) in [6, 6.07) is 0.395. The molecule has 0 radical (unpaired) electrons. The van der Waals surface area contributed by atoms with E-state index in [0.29, 0.717) is 11.2 Å². The van der Waals surface area contributed by atoms with Crippen LogP contribution in [0.15, 0.2) is 0 Å². The van der Waals surface area contributed by atoms with Crippen LogP contribution >= 0.6 is 12.2 Å². The van der Waals surface area contributed by atoms with Crippen molar-refractivity contribution in [3.63, 3.8) is 0 Å². The van der Waals surface area contributed by atoms with Crippen molar-refractivity contribution in [1.29, 1.82) is 0 Å². The van der Waals surface area contributed by atoms with Crippen LogP contribution in [0.2, 0.25) is 0 Å². The zero-order chi connectivity index (χ0) is 12.7. The lowest BCUT2D eigenvalue weighted by molar-refractivity contribution is -0.135. The molecule has 1 aliphatic carbocycles. The summed E-state index contributed by atoms with van der Waals surface area (Å²) < 4.78 is 35.6. The van der Waals surface area contributed by atoms with Gasteiger partial charge < -0.3 is 10.6 Å². The number of hydrogen-bond donors (Lipinski definition) is 2. The Balaban J connectivity index is 2.04. The normalized spacial score (nSPS) is 17.8. The Kier molecular flexibility index (Phi) is 6.02. The van der Waals surface area contributed by atoms with E-state index in [-0.39, 0.29) is 13.0 Å². The molecule has 2 N–H and O–H groups in total. The number of hydrogen-bond acceptors (Lipinski definition) is 1. The Morgan fingerprint density at radius 2 is 1.82 bits per heavy atom. The monoisotopic (exact) mass is 268 g/mol. The first-order valence-electron chi connectivity index (χ1n) is 6.08. The van der Waals surface area contributed by atoms with Crippen LogP contribution in [0.3, 0.4) is 0 Å². The van der Waals surface area contributed by atoms with Crippen LogP contribution in [0.4, 0.5) is 13.2 Å². The van der Waals surface area contributed by atoms with Gasteiger partial charge in [0.05, 0.1) is 0 Å². The third-order valence-corrected chi connectivity index (χ3v) is 3.13. The molecular formula is C11H19F3N2S. The van der Waals surface area contributed by atoms with Crippen LogP contribution in [-0.4, -0.2) is 23.9 Å². The van der Waals surface area contributed by atoms with E-state index in [9.17, 15) is 13.2 Å². The minimum absolute atomic E-state index is 0.0655. The first-order valence-corrected chi connectivity index (χ1v) is 6.49. The molecule has 2 nitrogen and oxygen atoms in total. The molecule has 0 saturated heterocycles. The van der Waals surface area contributed by atoms with Crippen molar-refractivity contribution in [3.8, 4) is 0 Å². The van der Waals surface area contributed by atoms with Gasteiger partial charge in [-0.2, -0.15) is 13.2 Å². The van der Waals surface area contributed by atoms with Gasteiger partial charge in [0.2, 0.25) is 0 Å². The highest BCUT2D eigenvalue weighted by Crippen LogP contribution is 2.20. The van der Waals surface area contributed by atoms with Crippen molar-refractivity contribution in [2.24, 2.45) is 0 Å². The lowest BCUT2D eigenvalue weighted by atomic mass is 9.96. The molecule has 1 aliphatic rings. The van der Waals surface area contributed by atoms with Gasteiger partial charge in [0, 0.05) is 19.0 Å². The van der Waals surface area contributed by atoms with Gasteiger partial charge >= 0.3 is 6.18 Å². The Hall–Kier alpha value is -0.520. The molecule has 0 unspecified atom stereocenters. The molecule has 0 aromatic heterocycles. The molecule has 0 heterocycles. The van der Waals surface area contributed by atoms with E-state index in [0.717, 1.165) is 12.8 Å². The maximum absolute atomic E-state index is 11.9. The number of rotatable bonds is 4. The summed E-state index contributed by atoms with van der Waals surface area (Å²) in [5.41, 5.74) is 0. The predicted octanol–water partition coefficient (Wildman–Crippen LogP) is 3.13. The van der Waals surface area contributed by atoms with Crippen molar-refractivity contribution in [1.82, 2.24) is 10.6 Å². The van der Waals surface area contributed by atoms with Crippen LogP contribution in [-0.2, 0) is 0 Å². The highest BCUT2D eigenvalue weighted by molar-refractivity contribution is 7.80. The van der Waals surface area contributed by atoms with E-state index in [1.807, 2.05) is 0 Å². The first kappa shape index (κ1) is 14.5. The van der Waals surface area contributed by atoms with Crippen molar-refractivity contribution in [3.05, 3.63) is 0 Å². The molecular weight excluding hydrogens is 249 g/mol. The summed E-state index contributed by atoms with van der Waals surface area (Å²) in [6.45, 7) is 0.276. The quantitative estimate of drug-likeness (QED) is 0.605. The molecule has 100 valence electrons. The van der Waals surface area contributed by atoms with Gasteiger partial charge in [0.25, 0.3) is 0 Å². The van der Waals surface area contributed by atoms with Gasteiger partial charge in [-0.05, 0) is 31.5 Å². The Labute approximate surface area is 105 Å². The van der Waals surface area contributed by atoms with Gasteiger partial charge in [-0.1, -0.05) is 19.3 Å². The van der Waals surface area contributed by atoms with E-state index >= 15 is 0 Å². The molecule has 0 atom stereocenters. The fourth-order valence-corrected chi connectivity index (χ4v) is 2.24. The van der Waals surface area contributed by atoms with Gasteiger partial charge in [0.1, 0.15) is 0 Å². The fraction of sp³-hybridized carbons (Fsp3) is 0.909. The summed E-state index contributed by atoms with van der Waals surface area (Å²) in [6.07, 6.45) is 1.11. The second-order valence-electron chi connectivity index (χ2n) is 4.45. The van der Waals surface area contributed by atoms with Gasteiger partial charge in [-0.3, -0.25) is 0 Å². The molecule has 0 bridgehead atoms. The van der Waals surface area contributed by atoms with Gasteiger partial charge in [0.15, 0.2) is 5.11 Å². The van der Waals surface area contributed by atoms with Crippen molar-refractivity contribution in [2.45, 2.75) is 57.2 Å². The second-order valence-corrected chi connectivity index (χ2v) is 4.86. The lowest BCUT2D eigenvalue weighted by Gasteiger charge is -2.24. The van der Waals surface area contributed by atoms with Gasteiger partial charge in [-0.15, -0.1) is 0 Å². The van der Waals surface area contributed by atoms with Crippen LogP contribution in [0.25, 0.3) is 0 Å². The summed E-state index contributed by atoms with van der Waals surface area (Å²) in [5.74, 6) is 0. The van der Waals surface area contributed by atoms with E-state index in [4.69, 9.17) is 12.2 Å². The standard InChI is InChI=1S/C11H19F3N2S/c12-11(13,14)7-4-8-15-10(17)16-9-5-2-1-3-6-9/h9H,1-8H2,(H2,15,16,17). The van der Waals surface area contributed by atoms with E-state index in [1.54, 1.807) is 0 Å². The fourth-order valence-electron chi connectivity index (χ4n) is 1.97. The van der Waals surface area contributed by atoms with Crippen molar-refractivity contribution >= 4 is 17.3 Å². The third kappa shape index (κ3) is 7.41. The first-order chi connectivity index (χ1) is 7.97. The number of nitrogens with one attached hydrogen (secondary N) is 2. The molecule has 17 heavy (non-hydrogen) atoms. The van der Waals surface area contributed by atoms with Gasteiger partial charge in [-0.25, -0.2) is 0 Å².